The lowest BCUT2D eigenvalue weighted by Gasteiger charge is -2.20. The molecular weight excluding hydrogens is 250 g/mol. The van der Waals surface area contributed by atoms with Crippen molar-refractivity contribution >= 4 is 11.6 Å². The molecule has 3 nitrogen and oxygen atoms in total. The summed E-state index contributed by atoms with van der Waals surface area (Å²) < 4.78 is 10.9. The number of hydrogen-bond donors (Lipinski definition) is 1. The molecule has 0 bridgehead atoms. The van der Waals surface area contributed by atoms with Crippen LogP contribution >= 0.6 is 11.6 Å². The van der Waals surface area contributed by atoms with Crippen LogP contribution in [-0.2, 0) is 6.42 Å². The molecule has 1 saturated heterocycles. The quantitative estimate of drug-likeness (QED) is 0.912. The van der Waals surface area contributed by atoms with Crippen molar-refractivity contribution in [2.45, 2.75) is 25.7 Å². The molecule has 1 heterocycles. The summed E-state index contributed by atoms with van der Waals surface area (Å²) in [6.45, 7) is 4.22. The number of methoxy groups -OCH3 is 2. The van der Waals surface area contributed by atoms with Crippen molar-refractivity contribution in [3.05, 3.63) is 22.2 Å². The van der Waals surface area contributed by atoms with Gasteiger partial charge in [0.15, 0.2) is 11.5 Å². The molecule has 1 aliphatic heterocycles. The minimum atomic E-state index is 0.525. The van der Waals surface area contributed by atoms with E-state index >= 15 is 0 Å². The van der Waals surface area contributed by atoms with E-state index in [0.717, 1.165) is 31.7 Å². The van der Waals surface area contributed by atoms with Crippen molar-refractivity contribution in [3.63, 3.8) is 0 Å². The Bertz CT molecular complexity index is 428. The van der Waals surface area contributed by atoms with Crippen LogP contribution in [0.4, 0.5) is 0 Å². The Morgan fingerprint density at radius 3 is 2.56 bits per heavy atom. The molecule has 1 aromatic carbocycles. The van der Waals surface area contributed by atoms with Gasteiger partial charge in [-0.1, -0.05) is 18.5 Å². The maximum absolute atomic E-state index is 6.30. The van der Waals surface area contributed by atoms with Crippen molar-refractivity contribution in [1.29, 1.82) is 0 Å². The molecule has 1 N–H and O–H groups in total. The molecule has 0 saturated carbocycles. The Morgan fingerprint density at radius 1 is 1.33 bits per heavy atom. The van der Waals surface area contributed by atoms with Crippen LogP contribution in [0.25, 0.3) is 0 Å². The molecule has 0 aromatic heterocycles. The number of nitrogens with one attached hydrogen (secondary N) is 1. The zero-order valence-electron chi connectivity index (χ0n) is 11.2. The summed E-state index contributed by atoms with van der Waals surface area (Å²) in [5.74, 6) is 1.96. The van der Waals surface area contributed by atoms with Crippen LogP contribution in [0, 0.1) is 0 Å². The van der Waals surface area contributed by atoms with Crippen LogP contribution in [-0.4, -0.2) is 27.3 Å². The first kappa shape index (κ1) is 13.5. The number of benzene rings is 1. The first-order valence-corrected chi connectivity index (χ1v) is 6.74. The molecule has 0 spiro atoms. The number of halogens is 1. The van der Waals surface area contributed by atoms with Gasteiger partial charge in [0, 0.05) is 12.1 Å². The smallest absolute Gasteiger partial charge is 0.179 e. The average molecular weight is 270 g/mol. The van der Waals surface area contributed by atoms with Crippen molar-refractivity contribution in [2.75, 3.05) is 27.3 Å². The summed E-state index contributed by atoms with van der Waals surface area (Å²) in [5.41, 5.74) is 2.51. The third-order valence-electron chi connectivity index (χ3n) is 3.59. The number of ether oxygens (including phenoxy) is 2. The van der Waals surface area contributed by atoms with Crippen LogP contribution in [0.3, 0.4) is 0 Å². The van der Waals surface area contributed by atoms with Crippen molar-refractivity contribution in [3.8, 4) is 11.5 Å². The van der Waals surface area contributed by atoms with Gasteiger partial charge in [-0.15, -0.1) is 0 Å². The van der Waals surface area contributed by atoms with E-state index in [4.69, 9.17) is 21.1 Å². The Labute approximate surface area is 113 Å². The molecule has 4 heteroatoms. The van der Waals surface area contributed by atoms with Crippen LogP contribution in [0.2, 0.25) is 5.02 Å². The average Bonchev–Trinajstić information content (AvgIpc) is 2.90. The van der Waals surface area contributed by atoms with Crippen molar-refractivity contribution in [1.82, 2.24) is 5.32 Å². The Morgan fingerprint density at radius 2 is 2.06 bits per heavy atom. The van der Waals surface area contributed by atoms with Gasteiger partial charge in [-0.2, -0.15) is 0 Å². The Balaban J connectivity index is 2.55. The van der Waals surface area contributed by atoms with Gasteiger partial charge in [-0.3, -0.25) is 0 Å². The molecule has 1 aromatic rings. The van der Waals surface area contributed by atoms with Gasteiger partial charge in [0.2, 0.25) is 0 Å². The molecule has 100 valence electrons. The van der Waals surface area contributed by atoms with E-state index in [2.05, 4.69) is 12.2 Å². The molecule has 1 unspecified atom stereocenters. The van der Waals surface area contributed by atoms with Gasteiger partial charge in [-0.25, -0.2) is 0 Å². The maximum Gasteiger partial charge on any atom is 0.179 e. The normalized spacial score (nSPS) is 19.0. The summed E-state index contributed by atoms with van der Waals surface area (Å²) in [6, 6.07) is 2.04. The topological polar surface area (TPSA) is 30.5 Å². The van der Waals surface area contributed by atoms with E-state index in [1.54, 1.807) is 14.2 Å². The van der Waals surface area contributed by atoms with Crippen LogP contribution < -0.4 is 14.8 Å². The fraction of sp³-hybridized carbons (Fsp3) is 0.571. The van der Waals surface area contributed by atoms with E-state index in [1.165, 1.54) is 11.1 Å². The lowest BCUT2D eigenvalue weighted by molar-refractivity contribution is 0.351. The van der Waals surface area contributed by atoms with Gasteiger partial charge in [0.05, 0.1) is 19.2 Å². The van der Waals surface area contributed by atoms with Gasteiger partial charge in [0.25, 0.3) is 0 Å². The van der Waals surface area contributed by atoms with E-state index in [1.807, 2.05) is 6.07 Å². The molecule has 0 radical (unpaired) electrons. The predicted octanol–water partition coefficient (Wildman–Crippen LogP) is 3.00. The first-order chi connectivity index (χ1) is 8.72. The largest absolute Gasteiger partial charge is 0.493 e. The van der Waals surface area contributed by atoms with E-state index < -0.39 is 0 Å². The maximum atomic E-state index is 6.30. The van der Waals surface area contributed by atoms with E-state index in [-0.39, 0.29) is 0 Å². The van der Waals surface area contributed by atoms with E-state index in [9.17, 15) is 0 Å². The molecule has 0 aliphatic carbocycles. The third-order valence-corrected chi connectivity index (χ3v) is 3.87. The van der Waals surface area contributed by atoms with Gasteiger partial charge >= 0.3 is 0 Å². The van der Waals surface area contributed by atoms with Crippen LogP contribution in [0.5, 0.6) is 11.5 Å². The molecule has 2 rings (SSSR count). The molecule has 1 atom stereocenters. The Hall–Kier alpha value is -0.930. The number of hydrogen-bond acceptors (Lipinski definition) is 3. The second kappa shape index (κ2) is 5.81. The zero-order chi connectivity index (χ0) is 13.1. The fourth-order valence-corrected chi connectivity index (χ4v) is 3.00. The highest BCUT2D eigenvalue weighted by Gasteiger charge is 2.24. The third kappa shape index (κ3) is 2.29. The molecule has 18 heavy (non-hydrogen) atoms. The number of rotatable bonds is 4. The predicted molar refractivity (Wildman–Crippen MR) is 74.2 cm³/mol. The SMILES string of the molecule is CCc1c(C2CCNC2)cc(Cl)c(OC)c1OC. The lowest BCUT2D eigenvalue weighted by atomic mass is 9.91. The molecular formula is C14H20ClNO2. The van der Waals surface area contributed by atoms with Crippen molar-refractivity contribution in [2.24, 2.45) is 0 Å². The first-order valence-electron chi connectivity index (χ1n) is 6.36. The Kier molecular flexibility index (Phi) is 4.36. The van der Waals surface area contributed by atoms with Crippen molar-refractivity contribution < 1.29 is 9.47 Å². The van der Waals surface area contributed by atoms with Gasteiger partial charge in [-0.05, 0) is 36.9 Å². The van der Waals surface area contributed by atoms with Gasteiger partial charge < -0.3 is 14.8 Å². The van der Waals surface area contributed by atoms with E-state index in [0.29, 0.717) is 16.7 Å². The summed E-state index contributed by atoms with van der Waals surface area (Å²) in [4.78, 5) is 0. The van der Waals surface area contributed by atoms with Crippen LogP contribution in [0.15, 0.2) is 6.07 Å². The highest BCUT2D eigenvalue weighted by Crippen LogP contribution is 2.43. The second-order valence-corrected chi connectivity index (χ2v) is 4.94. The minimum absolute atomic E-state index is 0.525. The summed E-state index contributed by atoms with van der Waals surface area (Å²) in [5, 5.41) is 4.03. The summed E-state index contributed by atoms with van der Waals surface area (Å²) in [7, 11) is 3.30. The highest BCUT2D eigenvalue weighted by atomic mass is 35.5. The fourth-order valence-electron chi connectivity index (χ4n) is 2.72. The monoisotopic (exact) mass is 269 g/mol. The summed E-state index contributed by atoms with van der Waals surface area (Å²) in [6.07, 6.45) is 2.07. The molecule has 1 aliphatic rings. The molecule has 1 fully saturated rings. The molecule has 0 amide bonds. The summed E-state index contributed by atoms with van der Waals surface area (Å²) >= 11 is 6.30. The van der Waals surface area contributed by atoms with Gasteiger partial charge in [0.1, 0.15) is 0 Å². The highest BCUT2D eigenvalue weighted by molar-refractivity contribution is 6.32. The lowest BCUT2D eigenvalue weighted by Crippen LogP contribution is -2.10. The van der Waals surface area contributed by atoms with Crippen LogP contribution in [0.1, 0.15) is 30.4 Å². The standard InChI is InChI=1S/C14H20ClNO2/c1-4-10-11(9-5-6-16-8-9)7-12(15)14(18-3)13(10)17-2/h7,9,16H,4-6,8H2,1-3H3. The zero-order valence-corrected chi connectivity index (χ0v) is 11.9. The second-order valence-electron chi connectivity index (χ2n) is 4.54. The minimum Gasteiger partial charge on any atom is -0.493 e.